The Morgan fingerprint density at radius 3 is 2.75 bits per heavy atom. The number of hydrogen-bond donors (Lipinski definition) is 3. The molecule has 0 aliphatic heterocycles. The van der Waals surface area contributed by atoms with Gasteiger partial charge in [0.2, 0.25) is 0 Å². The minimum Gasteiger partial charge on any atom is -0.399 e. The van der Waals surface area contributed by atoms with Crippen molar-refractivity contribution in [1.29, 1.82) is 0 Å². The highest BCUT2D eigenvalue weighted by Crippen LogP contribution is 2.34. The summed E-state index contributed by atoms with van der Waals surface area (Å²) in [4.78, 5) is 0. The molecule has 4 N–H and O–H groups in total. The lowest BCUT2D eigenvalue weighted by Gasteiger charge is -2.22. The molecule has 3 heteroatoms. The first-order chi connectivity index (χ1) is 9.78. The molecule has 104 valence electrons. The van der Waals surface area contributed by atoms with Crippen LogP contribution in [-0.2, 0) is 6.42 Å². The zero-order valence-corrected chi connectivity index (χ0v) is 11.4. The van der Waals surface area contributed by atoms with Crippen LogP contribution in [0.2, 0.25) is 0 Å². The van der Waals surface area contributed by atoms with Gasteiger partial charge in [0.15, 0.2) is 0 Å². The molecule has 20 heavy (non-hydrogen) atoms. The fourth-order valence-corrected chi connectivity index (χ4v) is 2.99. The van der Waals surface area contributed by atoms with Gasteiger partial charge in [-0.25, -0.2) is 0 Å². The highest BCUT2D eigenvalue weighted by molar-refractivity contribution is 5.47. The van der Waals surface area contributed by atoms with Crippen molar-refractivity contribution in [1.82, 2.24) is 5.32 Å². The SMILES string of the molecule is Nc1ccc2c(c1)CCC2N[C@@H](CO)c1ccccc1. The van der Waals surface area contributed by atoms with E-state index < -0.39 is 0 Å². The molecule has 0 bridgehead atoms. The van der Waals surface area contributed by atoms with Gasteiger partial charge in [0.05, 0.1) is 12.6 Å². The van der Waals surface area contributed by atoms with Crippen LogP contribution in [-0.4, -0.2) is 11.7 Å². The van der Waals surface area contributed by atoms with Crippen LogP contribution in [0.3, 0.4) is 0 Å². The molecule has 0 spiro atoms. The second kappa shape index (κ2) is 5.65. The van der Waals surface area contributed by atoms with Crippen LogP contribution in [0.4, 0.5) is 5.69 Å². The van der Waals surface area contributed by atoms with Crippen LogP contribution in [0.5, 0.6) is 0 Å². The number of anilines is 1. The van der Waals surface area contributed by atoms with Crippen molar-refractivity contribution in [3.05, 3.63) is 65.2 Å². The third kappa shape index (κ3) is 2.55. The van der Waals surface area contributed by atoms with Crippen molar-refractivity contribution >= 4 is 5.69 Å². The Kier molecular flexibility index (Phi) is 3.72. The Morgan fingerprint density at radius 2 is 2.00 bits per heavy atom. The molecular formula is C17H20N2O. The first kappa shape index (κ1) is 13.2. The quantitative estimate of drug-likeness (QED) is 0.747. The zero-order chi connectivity index (χ0) is 13.9. The first-order valence-electron chi connectivity index (χ1n) is 7.08. The van der Waals surface area contributed by atoms with Gasteiger partial charge < -0.3 is 16.2 Å². The molecule has 0 saturated carbocycles. The summed E-state index contributed by atoms with van der Waals surface area (Å²) in [6, 6.07) is 16.5. The van der Waals surface area contributed by atoms with Gasteiger partial charge in [-0.1, -0.05) is 36.4 Å². The fourth-order valence-electron chi connectivity index (χ4n) is 2.99. The molecule has 0 heterocycles. The fraction of sp³-hybridized carbons (Fsp3) is 0.294. The van der Waals surface area contributed by atoms with Crippen molar-refractivity contribution < 1.29 is 5.11 Å². The van der Waals surface area contributed by atoms with Crippen LogP contribution < -0.4 is 11.1 Å². The van der Waals surface area contributed by atoms with E-state index in [4.69, 9.17) is 5.73 Å². The van der Waals surface area contributed by atoms with Crippen LogP contribution in [0.25, 0.3) is 0 Å². The van der Waals surface area contributed by atoms with Gasteiger partial charge in [-0.05, 0) is 41.7 Å². The van der Waals surface area contributed by atoms with Crippen molar-refractivity contribution in [3.8, 4) is 0 Å². The summed E-state index contributed by atoms with van der Waals surface area (Å²) in [5.74, 6) is 0. The number of aliphatic hydroxyl groups is 1. The van der Waals surface area contributed by atoms with Gasteiger partial charge in [-0.3, -0.25) is 0 Å². The zero-order valence-electron chi connectivity index (χ0n) is 11.4. The molecule has 1 aliphatic carbocycles. The maximum Gasteiger partial charge on any atom is 0.0626 e. The lowest BCUT2D eigenvalue weighted by Crippen LogP contribution is -2.27. The summed E-state index contributed by atoms with van der Waals surface area (Å²) >= 11 is 0. The van der Waals surface area contributed by atoms with Crippen molar-refractivity contribution in [3.63, 3.8) is 0 Å². The number of nitrogen functional groups attached to an aromatic ring is 1. The lowest BCUT2D eigenvalue weighted by atomic mass is 10.0. The van der Waals surface area contributed by atoms with Crippen LogP contribution in [0, 0.1) is 0 Å². The number of fused-ring (bicyclic) bond motifs is 1. The van der Waals surface area contributed by atoms with E-state index in [0.29, 0.717) is 6.04 Å². The van der Waals surface area contributed by atoms with E-state index in [-0.39, 0.29) is 12.6 Å². The highest BCUT2D eigenvalue weighted by Gasteiger charge is 2.25. The van der Waals surface area contributed by atoms with Gasteiger partial charge >= 0.3 is 0 Å². The monoisotopic (exact) mass is 268 g/mol. The van der Waals surface area contributed by atoms with Crippen LogP contribution in [0.1, 0.15) is 35.2 Å². The number of rotatable bonds is 4. The summed E-state index contributed by atoms with van der Waals surface area (Å²) in [6.07, 6.45) is 2.10. The Balaban J connectivity index is 1.79. The largest absolute Gasteiger partial charge is 0.399 e. The number of aryl methyl sites for hydroxylation is 1. The predicted molar refractivity (Wildman–Crippen MR) is 81.3 cm³/mol. The standard InChI is InChI=1S/C17H20N2O/c18-14-7-8-15-13(10-14)6-9-16(15)19-17(11-20)12-4-2-1-3-5-12/h1-5,7-8,10,16-17,19-20H,6,9,11,18H2/t16?,17-/m0/s1. The van der Waals surface area contributed by atoms with E-state index in [2.05, 4.69) is 17.4 Å². The Bertz CT molecular complexity index is 583. The van der Waals surface area contributed by atoms with Crippen LogP contribution in [0.15, 0.2) is 48.5 Å². The number of nitrogens with two attached hydrogens (primary N) is 1. The summed E-state index contributed by atoms with van der Waals surface area (Å²) < 4.78 is 0. The van der Waals surface area contributed by atoms with Crippen LogP contribution >= 0.6 is 0 Å². The number of benzene rings is 2. The molecule has 0 saturated heterocycles. The number of nitrogens with one attached hydrogen (secondary N) is 1. The molecule has 2 aromatic carbocycles. The number of hydrogen-bond acceptors (Lipinski definition) is 3. The highest BCUT2D eigenvalue weighted by atomic mass is 16.3. The Morgan fingerprint density at radius 1 is 1.20 bits per heavy atom. The average molecular weight is 268 g/mol. The van der Waals surface area contributed by atoms with Gasteiger partial charge in [-0.2, -0.15) is 0 Å². The van der Waals surface area contributed by atoms with Crippen molar-refractivity contribution in [2.75, 3.05) is 12.3 Å². The summed E-state index contributed by atoms with van der Waals surface area (Å²) in [6.45, 7) is 0.102. The molecule has 0 radical (unpaired) electrons. The van der Waals surface area contributed by atoms with E-state index in [9.17, 15) is 5.11 Å². The minimum atomic E-state index is -0.0234. The summed E-state index contributed by atoms with van der Waals surface area (Å²) in [7, 11) is 0. The van der Waals surface area contributed by atoms with Gasteiger partial charge in [0, 0.05) is 11.7 Å². The molecular weight excluding hydrogens is 248 g/mol. The van der Waals surface area contributed by atoms with Crippen molar-refractivity contribution in [2.24, 2.45) is 0 Å². The smallest absolute Gasteiger partial charge is 0.0626 e. The molecule has 1 aliphatic rings. The van der Waals surface area contributed by atoms with Crippen molar-refractivity contribution in [2.45, 2.75) is 24.9 Å². The van der Waals surface area contributed by atoms with Gasteiger partial charge in [0.25, 0.3) is 0 Å². The molecule has 3 nitrogen and oxygen atoms in total. The third-order valence-corrected chi connectivity index (χ3v) is 4.03. The molecule has 3 rings (SSSR count). The second-order valence-corrected chi connectivity index (χ2v) is 5.36. The first-order valence-corrected chi connectivity index (χ1v) is 7.08. The summed E-state index contributed by atoms with van der Waals surface area (Å²) in [5.41, 5.74) is 10.4. The van der Waals surface area contributed by atoms with Gasteiger partial charge in [0.1, 0.15) is 0 Å². The van der Waals surface area contributed by atoms with E-state index in [1.54, 1.807) is 0 Å². The lowest BCUT2D eigenvalue weighted by molar-refractivity contribution is 0.233. The Hall–Kier alpha value is -1.84. The van der Waals surface area contributed by atoms with E-state index in [1.165, 1.54) is 11.1 Å². The Labute approximate surface area is 119 Å². The minimum absolute atomic E-state index is 0.0234. The average Bonchev–Trinajstić information content (AvgIpc) is 2.87. The maximum atomic E-state index is 9.65. The molecule has 2 aromatic rings. The normalized spacial score (nSPS) is 18.8. The van der Waals surface area contributed by atoms with E-state index in [0.717, 1.165) is 24.1 Å². The molecule has 2 atom stereocenters. The second-order valence-electron chi connectivity index (χ2n) is 5.36. The molecule has 0 fully saturated rings. The molecule has 0 amide bonds. The molecule has 1 unspecified atom stereocenters. The molecule has 0 aromatic heterocycles. The van der Waals surface area contributed by atoms with Gasteiger partial charge in [-0.15, -0.1) is 0 Å². The van der Waals surface area contributed by atoms with E-state index >= 15 is 0 Å². The maximum absolute atomic E-state index is 9.65. The predicted octanol–water partition coefficient (Wildman–Crippen LogP) is 2.58. The summed E-state index contributed by atoms with van der Waals surface area (Å²) in [5, 5.41) is 13.2. The third-order valence-electron chi connectivity index (χ3n) is 4.03. The number of aliphatic hydroxyl groups excluding tert-OH is 1. The topological polar surface area (TPSA) is 58.3 Å². The van der Waals surface area contributed by atoms with E-state index in [1.807, 2.05) is 36.4 Å².